The Kier molecular flexibility index (Phi) is 5.03. The molecule has 0 aliphatic carbocycles. The fraction of sp³-hybridized carbons (Fsp3) is 0.500. The molecule has 0 atom stereocenters. The SMILES string of the molecule is CSC1(C#N)CCN(Cc2ccc(Cl)cc2Cl)CC1. The molecule has 1 aliphatic heterocycles. The molecule has 1 aromatic rings. The number of halogens is 2. The van der Waals surface area contributed by atoms with Gasteiger partial charge in [0.2, 0.25) is 0 Å². The van der Waals surface area contributed by atoms with Crippen LogP contribution in [-0.2, 0) is 6.54 Å². The first kappa shape index (κ1) is 15.0. The van der Waals surface area contributed by atoms with Crippen molar-refractivity contribution in [3.05, 3.63) is 33.8 Å². The summed E-state index contributed by atoms with van der Waals surface area (Å²) in [6.07, 6.45) is 3.85. The molecule has 1 fully saturated rings. The van der Waals surface area contributed by atoms with Crippen LogP contribution in [0.1, 0.15) is 18.4 Å². The Labute approximate surface area is 128 Å². The first-order chi connectivity index (χ1) is 9.08. The van der Waals surface area contributed by atoms with E-state index in [1.807, 2.05) is 18.4 Å². The Morgan fingerprint density at radius 2 is 2.05 bits per heavy atom. The summed E-state index contributed by atoms with van der Waals surface area (Å²) in [4.78, 5) is 2.35. The van der Waals surface area contributed by atoms with Crippen molar-refractivity contribution in [1.29, 1.82) is 5.26 Å². The quantitative estimate of drug-likeness (QED) is 0.836. The molecule has 0 saturated carbocycles. The Hall–Kier alpha value is -0.400. The number of nitriles is 1. The third kappa shape index (κ3) is 3.58. The van der Waals surface area contributed by atoms with Gasteiger partial charge in [-0.2, -0.15) is 5.26 Å². The molecule has 19 heavy (non-hydrogen) atoms. The summed E-state index contributed by atoms with van der Waals surface area (Å²) in [6, 6.07) is 8.09. The number of hydrogen-bond donors (Lipinski definition) is 0. The van der Waals surface area contributed by atoms with Gasteiger partial charge in [0.25, 0.3) is 0 Å². The van der Waals surface area contributed by atoms with Crippen LogP contribution in [0.5, 0.6) is 0 Å². The van der Waals surface area contributed by atoms with E-state index in [2.05, 4.69) is 11.0 Å². The smallest absolute Gasteiger partial charge is 0.104 e. The second-order valence-corrected chi connectivity index (χ2v) is 6.86. The highest BCUT2D eigenvalue weighted by Crippen LogP contribution is 2.34. The molecule has 0 aromatic heterocycles. The molecule has 1 saturated heterocycles. The van der Waals surface area contributed by atoms with E-state index >= 15 is 0 Å². The lowest BCUT2D eigenvalue weighted by molar-refractivity contribution is 0.209. The summed E-state index contributed by atoms with van der Waals surface area (Å²) < 4.78 is -0.194. The number of benzene rings is 1. The molecule has 2 rings (SSSR count). The second-order valence-electron chi connectivity index (χ2n) is 4.82. The van der Waals surface area contributed by atoms with E-state index in [-0.39, 0.29) is 4.75 Å². The minimum atomic E-state index is -0.194. The summed E-state index contributed by atoms with van der Waals surface area (Å²) in [5.74, 6) is 0. The first-order valence-corrected chi connectivity index (χ1v) is 8.19. The molecule has 2 nitrogen and oxygen atoms in total. The Bertz CT molecular complexity index is 491. The van der Waals surface area contributed by atoms with Crippen LogP contribution < -0.4 is 0 Å². The van der Waals surface area contributed by atoms with E-state index in [0.29, 0.717) is 5.02 Å². The van der Waals surface area contributed by atoms with Crippen molar-refractivity contribution in [3.8, 4) is 6.07 Å². The van der Waals surface area contributed by atoms with Crippen molar-refractivity contribution >= 4 is 35.0 Å². The molecule has 0 N–H and O–H groups in total. The van der Waals surface area contributed by atoms with Gasteiger partial charge in [0, 0.05) is 29.7 Å². The van der Waals surface area contributed by atoms with Gasteiger partial charge in [0.15, 0.2) is 0 Å². The summed E-state index contributed by atoms with van der Waals surface area (Å²) in [5, 5.41) is 10.6. The highest BCUT2D eigenvalue weighted by molar-refractivity contribution is 8.00. The molecule has 0 unspecified atom stereocenters. The van der Waals surface area contributed by atoms with Gasteiger partial charge >= 0.3 is 0 Å². The standard InChI is InChI=1S/C14H16Cl2N2S/c1-19-14(10-17)4-6-18(7-5-14)9-11-2-3-12(15)8-13(11)16/h2-3,8H,4-7,9H2,1H3. The van der Waals surface area contributed by atoms with Gasteiger partial charge in [-0.3, -0.25) is 4.90 Å². The molecule has 0 spiro atoms. The molecule has 1 heterocycles. The second kappa shape index (κ2) is 6.37. The maximum atomic E-state index is 9.27. The number of rotatable bonds is 3. The number of likely N-dealkylation sites (tertiary alicyclic amines) is 1. The Morgan fingerprint density at radius 3 is 2.58 bits per heavy atom. The van der Waals surface area contributed by atoms with Crippen LogP contribution in [0, 0.1) is 11.3 Å². The van der Waals surface area contributed by atoms with Gasteiger partial charge in [0.05, 0.1) is 6.07 Å². The summed E-state index contributed by atoms with van der Waals surface area (Å²) in [5.41, 5.74) is 1.10. The maximum Gasteiger partial charge on any atom is 0.104 e. The summed E-state index contributed by atoms with van der Waals surface area (Å²) >= 11 is 13.8. The molecule has 0 amide bonds. The zero-order valence-electron chi connectivity index (χ0n) is 10.8. The molecule has 102 valence electrons. The van der Waals surface area contributed by atoms with Crippen LogP contribution in [0.4, 0.5) is 0 Å². The van der Waals surface area contributed by atoms with Crippen LogP contribution in [0.15, 0.2) is 18.2 Å². The number of hydrogen-bond acceptors (Lipinski definition) is 3. The Morgan fingerprint density at radius 1 is 1.37 bits per heavy atom. The van der Waals surface area contributed by atoms with Gasteiger partial charge in [-0.05, 0) is 36.8 Å². The van der Waals surface area contributed by atoms with Crippen molar-refractivity contribution in [2.75, 3.05) is 19.3 Å². The van der Waals surface area contributed by atoms with Crippen LogP contribution >= 0.6 is 35.0 Å². The van der Waals surface area contributed by atoms with Crippen molar-refractivity contribution in [2.45, 2.75) is 24.1 Å². The van der Waals surface area contributed by atoms with Crippen LogP contribution in [0.25, 0.3) is 0 Å². The normalized spacial score (nSPS) is 19.1. The van der Waals surface area contributed by atoms with Crippen molar-refractivity contribution in [1.82, 2.24) is 4.90 Å². The molecular weight excluding hydrogens is 299 g/mol. The van der Waals surface area contributed by atoms with Gasteiger partial charge in [-0.1, -0.05) is 29.3 Å². The third-order valence-electron chi connectivity index (χ3n) is 3.67. The third-order valence-corrected chi connectivity index (χ3v) is 5.54. The lowest BCUT2D eigenvalue weighted by atomic mass is 9.97. The molecule has 0 bridgehead atoms. The van der Waals surface area contributed by atoms with E-state index in [1.54, 1.807) is 17.8 Å². The fourth-order valence-corrected chi connectivity index (χ4v) is 3.48. The van der Waals surface area contributed by atoms with E-state index in [0.717, 1.165) is 43.1 Å². The number of nitrogens with zero attached hydrogens (tertiary/aromatic N) is 2. The van der Waals surface area contributed by atoms with Crippen molar-refractivity contribution < 1.29 is 0 Å². The average molecular weight is 315 g/mol. The van der Waals surface area contributed by atoms with Crippen molar-refractivity contribution in [2.24, 2.45) is 0 Å². The van der Waals surface area contributed by atoms with E-state index in [9.17, 15) is 5.26 Å². The average Bonchev–Trinajstić information content (AvgIpc) is 2.43. The molecule has 5 heteroatoms. The Balaban J connectivity index is 1.98. The fourth-order valence-electron chi connectivity index (χ4n) is 2.32. The highest BCUT2D eigenvalue weighted by Gasteiger charge is 2.33. The number of thioether (sulfide) groups is 1. The summed E-state index contributed by atoms with van der Waals surface area (Å²) in [6.45, 7) is 2.70. The van der Waals surface area contributed by atoms with Gasteiger partial charge in [-0.25, -0.2) is 0 Å². The largest absolute Gasteiger partial charge is 0.299 e. The van der Waals surface area contributed by atoms with Crippen molar-refractivity contribution in [3.63, 3.8) is 0 Å². The van der Waals surface area contributed by atoms with E-state index in [1.165, 1.54) is 0 Å². The molecular formula is C14H16Cl2N2S. The maximum absolute atomic E-state index is 9.27. The van der Waals surface area contributed by atoms with E-state index in [4.69, 9.17) is 23.2 Å². The van der Waals surface area contributed by atoms with Crippen LogP contribution in [0.3, 0.4) is 0 Å². The minimum Gasteiger partial charge on any atom is -0.299 e. The predicted molar refractivity (Wildman–Crippen MR) is 82.8 cm³/mol. The minimum absolute atomic E-state index is 0.194. The van der Waals surface area contributed by atoms with Gasteiger partial charge in [0.1, 0.15) is 4.75 Å². The van der Waals surface area contributed by atoms with Crippen LogP contribution in [0.2, 0.25) is 10.0 Å². The van der Waals surface area contributed by atoms with Gasteiger partial charge in [-0.15, -0.1) is 11.8 Å². The number of piperidine rings is 1. The lowest BCUT2D eigenvalue weighted by Gasteiger charge is -2.36. The first-order valence-electron chi connectivity index (χ1n) is 6.21. The zero-order chi connectivity index (χ0) is 13.9. The predicted octanol–water partition coefficient (Wildman–Crippen LogP) is 4.21. The molecule has 1 aromatic carbocycles. The monoisotopic (exact) mass is 314 g/mol. The van der Waals surface area contributed by atoms with Crippen LogP contribution in [-0.4, -0.2) is 29.0 Å². The zero-order valence-corrected chi connectivity index (χ0v) is 13.2. The summed E-state index contributed by atoms with van der Waals surface area (Å²) in [7, 11) is 0. The van der Waals surface area contributed by atoms with Gasteiger partial charge < -0.3 is 0 Å². The molecule has 1 aliphatic rings. The topological polar surface area (TPSA) is 27.0 Å². The lowest BCUT2D eigenvalue weighted by Crippen LogP contribution is -2.41. The highest BCUT2D eigenvalue weighted by atomic mass is 35.5. The molecule has 0 radical (unpaired) electrons. The van der Waals surface area contributed by atoms with E-state index < -0.39 is 0 Å².